The van der Waals surface area contributed by atoms with Crippen LogP contribution in [0.4, 0.5) is 0 Å². The molecule has 0 aromatic rings. The minimum Gasteiger partial charge on any atom is -0.396 e. The van der Waals surface area contributed by atoms with Crippen LogP contribution in [0.2, 0.25) is 0 Å². The van der Waals surface area contributed by atoms with Crippen LogP contribution in [0, 0.1) is 5.92 Å². The second-order valence-electron chi connectivity index (χ2n) is 2.78. The summed E-state index contributed by atoms with van der Waals surface area (Å²) in [5.74, 6) is 0.432. The van der Waals surface area contributed by atoms with Crippen molar-refractivity contribution in [2.75, 3.05) is 6.61 Å². The van der Waals surface area contributed by atoms with Gasteiger partial charge in [-0.25, -0.2) is 0 Å². The van der Waals surface area contributed by atoms with Crippen molar-refractivity contribution in [1.29, 1.82) is 0 Å². The molecule has 9 heavy (non-hydrogen) atoms. The molecular formula is C8H16O. The molecule has 0 spiro atoms. The fourth-order valence-electron chi connectivity index (χ4n) is 0.584. The largest absolute Gasteiger partial charge is 0.396 e. The minimum atomic E-state index is 0.299. The van der Waals surface area contributed by atoms with Crippen LogP contribution in [0.15, 0.2) is 12.2 Å². The SMILES string of the molecule is C=C(C)CCC(C)CO. The van der Waals surface area contributed by atoms with E-state index in [1.165, 1.54) is 5.57 Å². The molecule has 1 unspecified atom stereocenters. The van der Waals surface area contributed by atoms with Gasteiger partial charge in [-0.1, -0.05) is 12.5 Å². The number of aliphatic hydroxyl groups is 1. The van der Waals surface area contributed by atoms with Crippen LogP contribution in [0.5, 0.6) is 0 Å². The van der Waals surface area contributed by atoms with Crippen LogP contribution in [0.3, 0.4) is 0 Å². The van der Waals surface area contributed by atoms with E-state index in [1.807, 2.05) is 13.8 Å². The standard InChI is InChI=1S/C8H16O/c1-7(2)4-5-8(3)6-9/h8-9H,1,4-6H2,2-3H3. The van der Waals surface area contributed by atoms with Crippen molar-refractivity contribution < 1.29 is 5.11 Å². The Bertz CT molecular complexity index is 86.6. The van der Waals surface area contributed by atoms with Crippen LogP contribution in [0.1, 0.15) is 26.7 Å². The first-order valence-corrected chi connectivity index (χ1v) is 3.42. The number of aliphatic hydroxyl groups excluding tert-OH is 1. The Labute approximate surface area is 57.4 Å². The van der Waals surface area contributed by atoms with E-state index in [-0.39, 0.29) is 0 Å². The highest BCUT2D eigenvalue weighted by Gasteiger charge is 1.97. The second-order valence-corrected chi connectivity index (χ2v) is 2.78. The average Bonchev–Trinajstić information content (AvgIpc) is 1.83. The van der Waals surface area contributed by atoms with Gasteiger partial charge in [0.25, 0.3) is 0 Å². The zero-order valence-corrected chi connectivity index (χ0v) is 6.35. The van der Waals surface area contributed by atoms with E-state index < -0.39 is 0 Å². The Kier molecular flexibility index (Phi) is 4.41. The third-order valence-corrected chi connectivity index (χ3v) is 1.38. The molecule has 0 aromatic carbocycles. The van der Waals surface area contributed by atoms with E-state index in [1.54, 1.807) is 0 Å². The molecular weight excluding hydrogens is 112 g/mol. The first-order chi connectivity index (χ1) is 4.16. The molecule has 0 amide bonds. The lowest BCUT2D eigenvalue weighted by atomic mass is 10.0. The quantitative estimate of drug-likeness (QED) is 0.574. The number of hydrogen-bond donors (Lipinski definition) is 1. The van der Waals surface area contributed by atoms with Gasteiger partial charge in [0.05, 0.1) is 0 Å². The lowest BCUT2D eigenvalue weighted by Gasteiger charge is -2.05. The van der Waals surface area contributed by atoms with Gasteiger partial charge in [0.2, 0.25) is 0 Å². The maximum Gasteiger partial charge on any atom is 0.0456 e. The van der Waals surface area contributed by atoms with Gasteiger partial charge in [0, 0.05) is 6.61 Å². The molecule has 0 aliphatic heterocycles. The third kappa shape index (κ3) is 5.57. The molecule has 54 valence electrons. The second kappa shape index (κ2) is 4.57. The van der Waals surface area contributed by atoms with Gasteiger partial charge in [-0.2, -0.15) is 0 Å². The van der Waals surface area contributed by atoms with Gasteiger partial charge in [-0.15, -0.1) is 6.58 Å². The molecule has 0 aliphatic rings. The van der Waals surface area contributed by atoms with Crippen molar-refractivity contribution in [2.45, 2.75) is 26.7 Å². The summed E-state index contributed by atoms with van der Waals surface area (Å²) in [5, 5.41) is 8.62. The summed E-state index contributed by atoms with van der Waals surface area (Å²) in [6, 6.07) is 0. The minimum absolute atomic E-state index is 0.299. The van der Waals surface area contributed by atoms with E-state index >= 15 is 0 Å². The predicted molar refractivity (Wildman–Crippen MR) is 40.3 cm³/mol. The predicted octanol–water partition coefficient (Wildman–Crippen LogP) is 1.97. The summed E-state index contributed by atoms with van der Waals surface area (Å²) in [6.45, 7) is 8.14. The average molecular weight is 128 g/mol. The lowest BCUT2D eigenvalue weighted by molar-refractivity contribution is 0.230. The van der Waals surface area contributed by atoms with Crippen LogP contribution in [-0.2, 0) is 0 Å². The molecule has 0 bridgehead atoms. The molecule has 0 aromatic heterocycles. The van der Waals surface area contributed by atoms with Crippen LogP contribution < -0.4 is 0 Å². The van der Waals surface area contributed by atoms with E-state index in [0.717, 1.165) is 12.8 Å². The van der Waals surface area contributed by atoms with Gasteiger partial charge in [0.15, 0.2) is 0 Å². The maximum absolute atomic E-state index is 8.62. The van der Waals surface area contributed by atoms with Crippen molar-refractivity contribution >= 4 is 0 Å². The Morgan fingerprint density at radius 2 is 2.22 bits per heavy atom. The summed E-state index contributed by atoms with van der Waals surface area (Å²) in [7, 11) is 0. The van der Waals surface area contributed by atoms with Crippen molar-refractivity contribution in [3.8, 4) is 0 Å². The maximum atomic E-state index is 8.62. The lowest BCUT2D eigenvalue weighted by Crippen LogP contribution is -1.99. The topological polar surface area (TPSA) is 20.2 Å². The summed E-state index contributed by atoms with van der Waals surface area (Å²) in [6.07, 6.45) is 2.10. The van der Waals surface area contributed by atoms with Crippen molar-refractivity contribution in [1.82, 2.24) is 0 Å². The molecule has 0 radical (unpaired) electrons. The highest BCUT2D eigenvalue weighted by Crippen LogP contribution is 2.08. The third-order valence-electron chi connectivity index (χ3n) is 1.38. The molecule has 1 nitrogen and oxygen atoms in total. The highest BCUT2D eigenvalue weighted by molar-refractivity contribution is 4.87. The van der Waals surface area contributed by atoms with E-state index in [0.29, 0.717) is 12.5 Å². The fraction of sp³-hybridized carbons (Fsp3) is 0.750. The van der Waals surface area contributed by atoms with E-state index in [2.05, 4.69) is 6.58 Å². The summed E-state index contributed by atoms with van der Waals surface area (Å²) in [5.41, 5.74) is 1.20. The first-order valence-electron chi connectivity index (χ1n) is 3.42. The first kappa shape index (κ1) is 8.70. The van der Waals surface area contributed by atoms with Crippen LogP contribution in [-0.4, -0.2) is 11.7 Å². The molecule has 1 heteroatoms. The van der Waals surface area contributed by atoms with Crippen molar-refractivity contribution in [3.63, 3.8) is 0 Å². The Morgan fingerprint density at radius 3 is 2.56 bits per heavy atom. The fourth-order valence-corrected chi connectivity index (χ4v) is 0.584. The molecule has 0 heterocycles. The molecule has 1 atom stereocenters. The summed E-state index contributed by atoms with van der Waals surface area (Å²) >= 11 is 0. The molecule has 1 N–H and O–H groups in total. The summed E-state index contributed by atoms with van der Waals surface area (Å²) in [4.78, 5) is 0. The molecule has 0 fully saturated rings. The monoisotopic (exact) mass is 128 g/mol. The Balaban J connectivity index is 3.16. The molecule has 0 saturated heterocycles. The van der Waals surface area contributed by atoms with Gasteiger partial charge < -0.3 is 5.11 Å². The van der Waals surface area contributed by atoms with Gasteiger partial charge in [0.1, 0.15) is 0 Å². The Morgan fingerprint density at radius 1 is 1.67 bits per heavy atom. The van der Waals surface area contributed by atoms with Crippen molar-refractivity contribution in [2.24, 2.45) is 5.92 Å². The number of rotatable bonds is 4. The van der Waals surface area contributed by atoms with Crippen LogP contribution >= 0.6 is 0 Å². The van der Waals surface area contributed by atoms with Gasteiger partial charge in [-0.3, -0.25) is 0 Å². The highest BCUT2D eigenvalue weighted by atomic mass is 16.3. The Hall–Kier alpha value is -0.300. The van der Waals surface area contributed by atoms with E-state index in [4.69, 9.17) is 5.11 Å². The normalized spacial score (nSPS) is 13.2. The smallest absolute Gasteiger partial charge is 0.0456 e. The molecule has 0 saturated carbocycles. The molecule has 0 rings (SSSR count). The zero-order chi connectivity index (χ0) is 7.28. The molecule has 0 aliphatic carbocycles. The van der Waals surface area contributed by atoms with E-state index in [9.17, 15) is 0 Å². The van der Waals surface area contributed by atoms with Crippen LogP contribution in [0.25, 0.3) is 0 Å². The summed E-state index contributed by atoms with van der Waals surface area (Å²) < 4.78 is 0. The number of hydrogen-bond acceptors (Lipinski definition) is 1. The number of allylic oxidation sites excluding steroid dienone is 1. The van der Waals surface area contributed by atoms with Gasteiger partial charge in [-0.05, 0) is 25.7 Å². The van der Waals surface area contributed by atoms with Gasteiger partial charge >= 0.3 is 0 Å². The zero-order valence-electron chi connectivity index (χ0n) is 6.35. The van der Waals surface area contributed by atoms with Crippen molar-refractivity contribution in [3.05, 3.63) is 12.2 Å².